The maximum atomic E-state index is 13.1. The fourth-order valence-electron chi connectivity index (χ4n) is 4.00. The van der Waals surface area contributed by atoms with Gasteiger partial charge in [-0.05, 0) is 36.6 Å². The number of carbonyl (C=O) groups excluding carboxylic acids is 1. The Balaban J connectivity index is 1.47. The summed E-state index contributed by atoms with van der Waals surface area (Å²) in [5, 5.41) is 10.8. The minimum absolute atomic E-state index is 0.0908. The van der Waals surface area contributed by atoms with Crippen LogP contribution in [-0.2, 0) is 12.0 Å². The van der Waals surface area contributed by atoms with Gasteiger partial charge in [-0.1, -0.05) is 59.6 Å². The topological polar surface area (TPSA) is 92.2 Å². The molecule has 0 unspecified atom stereocenters. The number of halogens is 2. The molecule has 1 aliphatic heterocycles. The predicted molar refractivity (Wildman–Crippen MR) is 128 cm³/mol. The number of hydrogen-bond acceptors (Lipinski definition) is 5. The Kier molecular flexibility index (Phi) is 6.73. The van der Waals surface area contributed by atoms with E-state index < -0.39 is 5.41 Å². The number of nitrogens with zero attached hydrogens (tertiary/aromatic N) is 3. The third kappa shape index (κ3) is 4.75. The number of nitrogen functional groups attached to an aromatic ring is 1. The van der Waals surface area contributed by atoms with E-state index in [1.54, 1.807) is 29.2 Å². The van der Waals surface area contributed by atoms with Crippen LogP contribution >= 0.6 is 23.2 Å². The molecule has 2 N–H and O–H groups in total. The SMILES string of the molecule is N#CC1(c2ccccc2)CCN(C(=O)c2cnc(N)c(OCc3c(Cl)cccc3Cl)c2)CC1. The van der Waals surface area contributed by atoms with E-state index in [2.05, 4.69) is 11.1 Å². The van der Waals surface area contributed by atoms with Crippen LogP contribution in [0, 0.1) is 11.3 Å². The molecule has 1 saturated heterocycles. The van der Waals surface area contributed by atoms with Crippen LogP contribution in [0.5, 0.6) is 5.75 Å². The van der Waals surface area contributed by atoms with Gasteiger partial charge >= 0.3 is 0 Å². The first-order valence-electron chi connectivity index (χ1n) is 10.5. The molecule has 0 spiro atoms. The Labute approximate surface area is 202 Å². The quantitative estimate of drug-likeness (QED) is 0.538. The van der Waals surface area contributed by atoms with Crippen molar-refractivity contribution in [2.45, 2.75) is 24.9 Å². The van der Waals surface area contributed by atoms with Crippen LogP contribution in [0.15, 0.2) is 60.8 Å². The monoisotopic (exact) mass is 480 g/mol. The number of aromatic nitrogens is 1. The summed E-state index contributed by atoms with van der Waals surface area (Å²) in [5.74, 6) is 0.271. The van der Waals surface area contributed by atoms with Crippen molar-refractivity contribution in [3.05, 3.63) is 87.5 Å². The van der Waals surface area contributed by atoms with Gasteiger partial charge in [-0.25, -0.2) is 4.98 Å². The number of likely N-dealkylation sites (tertiary alicyclic amines) is 1. The van der Waals surface area contributed by atoms with Crippen LogP contribution in [-0.4, -0.2) is 28.9 Å². The molecule has 3 aromatic rings. The van der Waals surface area contributed by atoms with Crippen molar-refractivity contribution < 1.29 is 9.53 Å². The van der Waals surface area contributed by atoms with Crippen molar-refractivity contribution in [1.29, 1.82) is 5.26 Å². The number of anilines is 1. The van der Waals surface area contributed by atoms with E-state index in [0.29, 0.717) is 47.1 Å². The average molecular weight is 481 g/mol. The van der Waals surface area contributed by atoms with Crippen LogP contribution in [0.25, 0.3) is 0 Å². The number of hydrogen-bond donors (Lipinski definition) is 1. The number of carbonyl (C=O) groups is 1. The van der Waals surface area contributed by atoms with Crippen LogP contribution in [0.4, 0.5) is 5.82 Å². The maximum Gasteiger partial charge on any atom is 0.255 e. The van der Waals surface area contributed by atoms with E-state index in [1.165, 1.54) is 6.20 Å². The van der Waals surface area contributed by atoms with Crippen LogP contribution < -0.4 is 10.5 Å². The number of ether oxygens (including phenoxy) is 1. The summed E-state index contributed by atoms with van der Waals surface area (Å²) in [6.07, 6.45) is 2.57. The van der Waals surface area contributed by atoms with Gasteiger partial charge in [0.15, 0.2) is 11.6 Å². The smallest absolute Gasteiger partial charge is 0.255 e. The Morgan fingerprint density at radius 1 is 1.12 bits per heavy atom. The van der Waals surface area contributed by atoms with Crippen LogP contribution in [0.2, 0.25) is 10.0 Å². The molecule has 8 heteroatoms. The Bertz CT molecular complexity index is 1180. The van der Waals surface area contributed by atoms with Gasteiger partial charge in [-0.2, -0.15) is 5.26 Å². The summed E-state index contributed by atoms with van der Waals surface area (Å²) in [5.41, 5.74) is 7.36. The van der Waals surface area contributed by atoms with Crippen LogP contribution in [0.3, 0.4) is 0 Å². The molecule has 0 aliphatic carbocycles. The lowest BCUT2D eigenvalue weighted by Crippen LogP contribution is -2.44. The molecule has 6 nitrogen and oxygen atoms in total. The van der Waals surface area contributed by atoms with E-state index >= 15 is 0 Å². The molecule has 0 radical (unpaired) electrons. The molecule has 0 saturated carbocycles. The molecular formula is C25H22Cl2N4O2. The van der Waals surface area contributed by atoms with Gasteiger partial charge in [0.2, 0.25) is 0 Å². The van der Waals surface area contributed by atoms with Crippen molar-refractivity contribution >= 4 is 34.9 Å². The van der Waals surface area contributed by atoms with Gasteiger partial charge in [-0.3, -0.25) is 4.79 Å². The fourth-order valence-corrected chi connectivity index (χ4v) is 4.51. The van der Waals surface area contributed by atoms with Gasteiger partial charge < -0.3 is 15.4 Å². The van der Waals surface area contributed by atoms with Crippen molar-refractivity contribution in [2.75, 3.05) is 18.8 Å². The molecule has 33 heavy (non-hydrogen) atoms. The molecule has 1 aliphatic rings. The second-order valence-electron chi connectivity index (χ2n) is 7.95. The van der Waals surface area contributed by atoms with E-state index in [9.17, 15) is 10.1 Å². The van der Waals surface area contributed by atoms with E-state index in [1.807, 2.05) is 30.3 Å². The molecule has 2 heterocycles. The summed E-state index contributed by atoms with van der Waals surface area (Å²) in [4.78, 5) is 19.0. The number of nitrogens with two attached hydrogens (primary N) is 1. The summed E-state index contributed by atoms with van der Waals surface area (Å²) < 4.78 is 5.80. The number of piperidine rings is 1. The number of benzene rings is 2. The summed E-state index contributed by atoms with van der Waals surface area (Å²) in [7, 11) is 0. The average Bonchev–Trinajstić information content (AvgIpc) is 2.85. The first kappa shape index (κ1) is 22.9. The predicted octanol–water partition coefficient (Wildman–Crippen LogP) is 5.25. The normalized spacial score (nSPS) is 15.0. The first-order valence-corrected chi connectivity index (χ1v) is 11.3. The third-order valence-electron chi connectivity index (χ3n) is 6.01. The number of amides is 1. The summed E-state index contributed by atoms with van der Waals surface area (Å²) in [6.45, 7) is 1.03. The second-order valence-corrected chi connectivity index (χ2v) is 8.76. The fraction of sp³-hybridized carbons (Fsp3) is 0.240. The standard InChI is InChI=1S/C25H22Cl2N4O2/c26-20-7-4-8-21(27)19(20)15-33-22-13-17(14-30-23(22)29)24(32)31-11-9-25(16-28,10-12-31)18-5-2-1-3-6-18/h1-8,13-14H,9-12,15H2,(H2,29,30). The third-order valence-corrected chi connectivity index (χ3v) is 6.72. The highest BCUT2D eigenvalue weighted by Crippen LogP contribution is 2.35. The molecule has 0 bridgehead atoms. The minimum Gasteiger partial charge on any atom is -0.485 e. The van der Waals surface area contributed by atoms with Gasteiger partial charge in [0.25, 0.3) is 5.91 Å². The lowest BCUT2D eigenvalue weighted by molar-refractivity contribution is 0.0691. The Morgan fingerprint density at radius 2 is 1.79 bits per heavy atom. The lowest BCUT2D eigenvalue weighted by Gasteiger charge is -2.37. The van der Waals surface area contributed by atoms with Gasteiger partial charge in [-0.15, -0.1) is 0 Å². The number of pyridine rings is 1. The largest absolute Gasteiger partial charge is 0.485 e. The zero-order chi connectivity index (χ0) is 23.4. The molecule has 2 aromatic carbocycles. The second kappa shape index (κ2) is 9.70. The maximum absolute atomic E-state index is 13.1. The Morgan fingerprint density at radius 3 is 2.42 bits per heavy atom. The molecule has 0 atom stereocenters. The van der Waals surface area contributed by atoms with Gasteiger partial charge in [0, 0.05) is 34.9 Å². The minimum atomic E-state index is -0.583. The van der Waals surface area contributed by atoms with E-state index in [-0.39, 0.29) is 24.1 Å². The number of rotatable bonds is 5. The molecule has 1 fully saturated rings. The summed E-state index contributed by atoms with van der Waals surface area (Å²) in [6, 6.07) is 19.0. The highest BCUT2D eigenvalue weighted by Gasteiger charge is 2.37. The summed E-state index contributed by atoms with van der Waals surface area (Å²) >= 11 is 12.4. The number of nitriles is 1. The molecule has 1 aromatic heterocycles. The first-order chi connectivity index (χ1) is 15.9. The van der Waals surface area contributed by atoms with Crippen LogP contribution in [0.1, 0.15) is 34.3 Å². The zero-order valence-electron chi connectivity index (χ0n) is 17.8. The van der Waals surface area contributed by atoms with Crippen molar-refractivity contribution in [3.63, 3.8) is 0 Å². The van der Waals surface area contributed by atoms with Crippen molar-refractivity contribution in [2.24, 2.45) is 0 Å². The van der Waals surface area contributed by atoms with E-state index in [4.69, 9.17) is 33.7 Å². The Hall–Kier alpha value is -3.27. The highest BCUT2D eigenvalue weighted by atomic mass is 35.5. The lowest BCUT2D eigenvalue weighted by atomic mass is 9.74. The zero-order valence-corrected chi connectivity index (χ0v) is 19.3. The molecule has 4 rings (SSSR count). The van der Waals surface area contributed by atoms with Crippen molar-refractivity contribution in [1.82, 2.24) is 9.88 Å². The van der Waals surface area contributed by atoms with E-state index in [0.717, 1.165) is 5.56 Å². The van der Waals surface area contributed by atoms with Gasteiger partial charge in [0.1, 0.15) is 6.61 Å². The van der Waals surface area contributed by atoms with Crippen molar-refractivity contribution in [3.8, 4) is 11.8 Å². The molecule has 1 amide bonds. The van der Waals surface area contributed by atoms with Gasteiger partial charge in [0.05, 0.1) is 17.0 Å². The highest BCUT2D eigenvalue weighted by molar-refractivity contribution is 6.35. The molecule has 168 valence electrons. The molecular weight excluding hydrogens is 459 g/mol.